The normalized spacial score (nSPS) is 23.0. The number of carbonyl (C=O) groups excluding carboxylic acids is 2. The van der Waals surface area contributed by atoms with Crippen molar-refractivity contribution >= 4 is 23.0 Å². The molecule has 42 heavy (non-hydrogen) atoms. The lowest BCUT2D eigenvalue weighted by Gasteiger charge is -2.49. The van der Waals surface area contributed by atoms with Crippen molar-refractivity contribution in [2.24, 2.45) is 5.92 Å². The fourth-order valence-corrected chi connectivity index (χ4v) is 6.22. The molecule has 1 aromatic carbocycles. The molecule has 4 heterocycles. The number of nitrogens with zero attached hydrogens (tertiary/aromatic N) is 4. The van der Waals surface area contributed by atoms with Crippen molar-refractivity contribution in [2.75, 3.05) is 26.3 Å². The molecule has 226 valence electrons. The Morgan fingerprint density at radius 2 is 1.83 bits per heavy atom. The monoisotopic (exact) mass is 594 g/mol. The van der Waals surface area contributed by atoms with Crippen LogP contribution in [0.15, 0.2) is 27.2 Å². The van der Waals surface area contributed by atoms with Crippen molar-refractivity contribution in [3.8, 4) is 0 Å². The van der Waals surface area contributed by atoms with E-state index in [0.29, 0.717) is 29.5 Å². The first-order valence-electron chi connectivity index (χ1n) is 13.9. The molecule has 1 aliphatic carbocycles. The fraction of sp³-hybridized carbons (Fsp3) is 0.593. The molecule has 1 unspecified atom stereocenters. The minimum Gasteiger partial charge on any atom is -0.438 e. The molecule has 2 aromatic heterocycles. The third-order valence-electron chi connectivity index (χ3n) is 8.56. The standard InChI is InChI=1S/C27H30F4N6O5/c1-15-20(36-42-35-15)22(38)34-21(16-4-6-26(28,29)7-5-16)23-33-18-12-17(2-3-19(18)41-23)25(8-10-40-11-9-25)37-14-27(30,31)13-32-24(37)39/h2-3,12,16,21H,4-11,13-14H2,1H3,(H,32,39)(H,34,38). The molecule has 3 aliphatic rings. The van der Waals surface area contributed by atoms with Gasteiger partial charge < -0.3 is 24.7 Å². The van der Waals surface area contributed by atoms with Crippen LogP contribution in [0.4, 0.5) is 22.4 Å². The first-order chi connectivity index (χ1) is 20.0. The predicted molar refractivity (Wildman–Crippen MR) is 137 cm³/mol. The molecular weight excluding hydrogens is 564 g/mol. The number of oxazole rings is 1. The number of aryl methyl sites for hydroxylation is 1. The van der Waals surface area contributed by atoms with Crippen molar-refractivity contribution in [3.63, 3.8) is 0 Å². The van der Waals surface area contributed by atoms with Gasteiger partial charge in [0.2, 0.25) is 11.8 Å². The highest BCUT2D eigenvalue weighted by molar-refractivity contribution is 5.93. The van der Waals surface area contributed by atoms with Gasteiger partial charge in [-0.2, -0.15) is 0 Å². The molecule has 2 aliphatic heterocycles. The summed E-state index contributed by atoms with van der Waals surface area (Å²) in [5.41, 5.74) is 0.462. The highest BCUT2D eigenvalue weighted by Gasteiger charge is 2.50. The largest absolute Gasteiger partial charge is 0.438 e. The molecule has 15 heteroatoms. The molecular formula is C27H30F4N6O5. The SMILES string of the molecule is Cc1nonc1C(=O)NC(c1nc2cc(C3(N4CC(F)(F)CNC4=O)CCOCC3)ccc2o1)C1CCC(F)(F)CC1. The lowest BCUT2D eigenvalue weighted by molar-refractivity contribution is -0.0868. The van der Waals surface area contributed by atoms with E-state index >= 15 is 0 Å². The number of nitrogens with one attached hydrogen (secondary N) is 2. The van der Waals surface area contributed by atoms with Crippen LogP contribution in [0, 0.1) is 12.8 Å². The number of hydrogen-bond acceptors (Lipinski definition) is 8. The summed E-state index contributed by atoms with van der Waals surface area (Å²) in [5, 5.41) is 12.4. The number of amides is 3. The molecule has 2 saturated heterocycles. The second kappa shape index (κ2) is 10.5. The Hall–Kier alpha value is -3.75. The fourth-order valence-electron chi connectivity index (χ4n) is 6.22. The highest BCUT2D eigenvalue weighted by Crippen LogP contribution is 2.44. The second-order valence-electron chi connectivity index (χ2n) is 11.3. The van der Waals surface area contributed by atoms with Crippen LogP contribution in [0.25, 0.3) is 11.1 Å². The molecule has 3 aromatic rings. The Morgan fingerprint density at radius 3 is 2.52 bits per heavy atom. The van der Waals surface area contributed by atoms with Crippen LogP contribution in [-0.2, 0) is 10.3 Å². The Balaban J connectivity index is 1.36. The first-order valence-corrected chi connectivity index (χ1v) is 13.9. The maximum atomic E-state index is 14.5. The maximum Gasteiger partial charge on any atom is 0.318 e. The summed E-state index contributed by atoms with van der Waals surface area (Å²) in [6.07, 6.45) is 0.163. The highest BCUT2D eigenvalue weighted by atomic mass is 19.3. The number of ether oxygens (including phenoxy) is 1. The quantitative estimate of drug-likeness (QED) is 0.399. The summed E-state index contributed by atoms with van der Waals surface area (Å²) in [4.78, 5) is 31.7. The smallest absolute Gasteiger partial charge is 0.318 e. The van der Waals surface area contributed by atoms with Crippen LogP contribution in [0.1, 0.15) is 72.2 Å². The third kappa shape index (κ3) is 5.29. The lowest BCUT2D eigenvalue weighted by Crippen LogP contribution is -2.64. The summed E-state index contributed by atoms with van der Waals surface area (Å²) in [6, 6.07) is 3.59. The van der Waals surface area contributed by atoms with Gasteiger partial charge in [0.15, 0.2) is 11.3 Å². The molecule has 0 radical (unpaired) electrons. The van der Waals surface area contributed by atoms with Gasteiger partial charge in [-0.3, -0.25) is 4.79 Å². The minimum absolute atomic E-state index is 0.0439. The summed E-state index contributed by atoms with van der Waals surface area (Å²) in [5.74, 6) is -6.80. The van der Waals surface area contributed by atoms with Crippen LogP contribution in [0.2, 0.25) is 0 Å². The number of aromatic nitrogens is 3. The van der Waals surface area contributed by atoms with E-state index in [2.05, 4.69) is 30.6 Å². The minimum atomic E-state index is -3.11. The summed E-state index contributed by atoms with van der Waals surface area (Å²) in [7, 11) is 0. The zero-order valence-electron chi connectivity index (χ0n) is 22.8. The predicted octanol–water partition coefficient (Wildman–Crippen LogP) is 4.48. The van der Waals surface area contributed by atoms with E-state index in [4.69, 9.17) is 9.15 Å². The molecule has 1 saturated carbocycles. The Bertz CT molecular complexity index is 1480. The van der Waals surface area contributed by atoms with E-state index in [1.807, 2.05) is 0 Å². The molecule has 6 rings (SSSR count). The number of rotatable bonds is 6. The molecule has 0 bridgehead atoms. The number of carbonyl (C=O) groups is 2. The van der Waals surface area contributed by atoms with Crippen molar-refractivity contribution in [2.45, 2.75) is 68.9 Å². The van der Waals surface area contributed by atoms with E-state index in [0.717, 1.165) is 0 Å². The van der Waals surface area contributed by atoms with E-state index in [9.17, 15) is 27.2 Å². The van der Waals surface area contributed by atoms with E-state index in [1.54, 1.807) is 25.1 Å². The van der Waals surface area contributed by atoms with Gasteiger partial charge >= 0.3 is 6.03 Å². The van der Waals surface area contributed by atoms with E-state index in [-0.39, 0.29) is 56.2 Å². The number of alkyl halides is 4. The van der Waals surface area contributed by atoms with Crippen LogP contribution < -0.4 is 10.6 Å². The number of fused-ring (bicyclic) bond motifs is 1. The first kappa shape index (κ1) is 28.4. The van der Waals surface area contributed by atoms with Crippen LogP contribution >= 0.6 is 0 Å². The van der Waals surface area contributed by atoms with Gasteiger partial charge in [-0.15, -0.1) is 0 Å². The number of halogens is 4. The van der Waals surface area contributed by atoms with Gasteiger partial charge in [-0.05, 0) is 61.4 Å². The summed E-state index contributed by atoms with van der Waals surface area (Å²) >= 11 is 0. The molecule has 11 nitrogen and oxygen atoms in total. The Kier molecular flexibility index (Phi) is 7.10. The van der Waals surface area contributed by atoms with Gasteiger partial charge in [0.25, 0.3) is 11.8 Å². The van der Waals surface area contributed by atoms with Crippen LogP contribution in [-0.4, -0.2) is 70.3 Å². The van der Waals surface area contributed by atoms with Gasteiger partial charge in [-0.1, -0.05) is 11.2 Å². The zero-order valence-corrected chi connectivity index (χ0v) is 22.8. The van der Waals surface area contributed by atoms with Gasteiger partial charge in [-0.25, -0.2) is 32.0 Å². The molecule has 2 N–H and O–H groups in total. The molecule has 3 fully saturated rings. The molecule has 0 spiro atoms. The lowest BCUT2D eigenvalue weighted by atomic mass is 9.80. The molecule has 3 amide bonds. The van der Waals surface area contributed by atoms with Crippen molar-refractivity contribution in [3.05, 3.63) is 41.0 Å². The maximum absolute atomic E-state index is 14.5. The Labute approximate surface area is 237 Å². The van der Waals surface area contributed by atoms with Gasteiger partial charge in [0.05, 0.1) is 18.6 Å². The van der Waals surface area contributed by atoms with E-state index in [1.165, 1.54) is 4.90 Å². The number of benzene rings is 1. The second-order valence-corrected chi connectivity index (χ2v) is 11.3. The summed E-state index contributed by atoms with van der Waals surface area (Å²) in [6.45, 7) is 0.623. The third-order valence-corrected chi connectivity index (χ3v) is 8.56. The molecule has 1 atom stereocenters. The van der Waals surface area contributed by atoms with Crippen molar-refractivity contribution < 1.29 is 40.9 Å². The average molecular weight is 595 g/mol. The van der Waals surface area contributed by atoms with Crippen molar-refractivity contribution in [1.82, 2.24) is 30.8 Å². The van der Waals surface area contributed by atoms with Crippen molar-refractivity contribution in [1.29, 1.82) is 0 Å². The zero-order chi connectivity index (χ0) is 29.7. The van der Waals surface area contributed by atoms with Gasteiger partial charge in [0, 0.05) is 26.1 Å². The average Bonchev–Trinajstić information content (AvgIpc) is 3.59. The van der Waals surface area contributed by atoms with Crippen LogP contribution in [0.5, 0.6) is 0 Å². The summed E-state index contributed by atoms with van der Waals surface area (Å²) < 4.78 is 73.1. The number of hydrogen-bond donors (Lipinski definition) is 2. The van der Waals surface area contributed by atoms with Gasteiger partial charge in [0.1, 0.15) is 17.3 Å². The van der Waals surface area contributed by atoms with Crippen LogP contribution in [0.3, 0.4) is 0 Å². The topological polar surface area (TPSA) is 136 Å². The number of urea groups is 1. The van der Waals surface area contributed by atoms with E-state index < -0.39 is 54.4 Å². The Morgan fingerprint density at radius 1 is 1.10 bits per heavy atom.